The molecule has 1 aliphatic rings. The summed E-state index contributed by atoms with van der Waals surface area (Å²) in [6.45, 7) is 5.76. The number of carbonyl (C=O) groups excluding carboxylic acids is 2. The molecule has 5 nitrogen and oxygen atoms in total. The number of ether oxygens (including phenoxy) is 2. The summed E-state index contributed by atoms with van der Waals surface area (Å²) >= 11 is 0. The standard InChI is InChI=1S/C37H67NO4/c1-4-6-8-10-12-14-16-18-20-22-24-26-28-30-36(39)41-34-32-38(3)33-35(34)42-37(40)31-29-27-25-23-21-19-17-15-13-11-9-7-5-2/h14-17,34-35H,4-13,18-33H2,1-3H3/b16-14-,17-15-/t34-,35-/m1/s1. The average molecular weight is 590 g/mol. The largest absolute Gasteiger partial charge is 0.457 e. The zero-order valence-corrected chi connectivity index (χ0v) is 27.9. The van der Waals surface area contributed by atoms with Crippen LogP contribution in [-0.2, 0) is 19.1 Å². The first-order chi connectivity index (χ1) is 20.6. The summed E-state index contributed by atoms with van der Waals surface area (Å²) in [5.41, 5.74) is 0. The third-order valence-corrected chi connectivity index (χ3v) is 8.25. The number of nitrogens with zero attached hydrogens (tertiary/aromatic N) is 1. The number of likely N-dealkylation sites (N-methyl/N-ethyl adjacent to an activating group) is 1. The van der Waals surface area contributed by atoms with Crippen molar-refractivity contribution in [3.05, 3.63) is 24.3 Å². The number of esters is 2. The molecule has 1 aliphatic heterocycles. The van der Waals surface area contributed by atoms with E-state index < -0.39 is 0 Å². The topological polar surface area (TPSA) is 55.8 Å². The molecule has 1 saturated heterocycles. The SMILES string of the molecule is CCCCCC/C=C\CCCCCCCC(=O)O[C@@H]1CN(C)C[C@H]1OC(=O)CCCCCCC/C=C\CCCCCC. The van der Waals surface area contributed by atoms with Gasteiger partial charge in [0.1, 0.15) is 0 Å². The molecule has 0 unspecified atom stereocenters. The van der Waals surface area contributed by atoms with Gasteiger partial charge in [-0.05, 0) is 71.3 Å². The van der Waals surface area contributed by atoms with Crippen molar-refractivity contribution in [2.24, 2.45) is 0 Å². The van der Waals surface area contributed by atoms with Gasteiger partial charge in [-0.3, -0.25) is 14.5 Å². The van der Waals surface area contributed by atoms with Crippen LogP contribution in [0.2, 0.25) is 0 Å². The lowest BCUT2D eigenvalue weighted by atomic mass is 10.1. The molecule has 0 saturated carbocycles. The Morgan fingerprint density at radius 3 is 1.19 bits per heavy atom. The second-order valence-corrected chi connectivity index (χ2v) is 12.5. The van der Waals surface area contributed by atoms with Crippen molar-refractivity contribution < 1.29 is 19.1 Å². The van der Waals surface area contributed by atoms with Crippen LogP contribution in [0.3, 0.4) is 0 Å². The molecule has 0 aromatic carbocycles. The Morgan fingerprint density at radius 2 is 0.833 bits per heavy atom. The molecule has 0 bridgehead atoms. The van der Waals surface area contributed by atoms with Crippen molar-refractivity contribution in [2.75, 3.05) is 20.1 Å². The van der Waals surface area contributed by atoms with Crippen molar-refractivity contribution in [1.82, 2.24) is 4.90 Å². The zero-order valence-electron chi connectivity index (χ0n) is 27.9. The molecule has 244 valence electrons. The molecule has 1 heterocycles. The zero-order chi connectivity index (χ0) is 30.5. The van der Waals surface area contributed by atoms with Crippen molar-refractivity contribution in [3.8, 4) is 0 Å². The minimum absolute atomic E-state index is 0.159. The molecule has 0 aliphatic carbocycles. The molecule has 0 N–H and O–H groups in total. The molecule has 5 heteroatoms. The maximum Gasteiger partial charge on any atom is 0.306 e. The van der Waals surface area contributed by atoms with Crippen LogP contribution in [0.5, 0.6) is 0 Å². The third-order valence-electron chi connectivity index (χ3n) is 8.25. The molecule has 0 aromatic rings. The van der Waals surface area contributed by atoms with E-state index in [1.807, 2.05) is 7.05 Å². The van der Waals surface area contributed by atoms with Crippen LogP contribution in [-0.4, -0.2) is 49.2 Å². The Labute approximate surface area is 260 Å². The molecule has 2 atom stereocenters. The van der Waals surface area contributed by atoms with Crippen LogP contribution in [0.15, 0.2) is 24.3 Å². The Kier molecular flexibility index (Phi) is 25.8. The molecule has 0 amide bonds. The minimum atomic E-state index is -0.347. The van der Waals surface area contributed by atoms with Gasteiger partial charge in [-0.15, -0.1) is 0 Å². The van der Waals surface area contributed by atoms with Gasteiger partial charge in [-0.2, -0.15) is 0 Å². The molecule has 0 radical (unpaired) electrons. The number of likely N-dealkylation sites (tertiary alicyclic amines) is 1. The average Bonchev–Trinajstić information content (AvgIpc) is 3.31. The molecular formula is C37H67NO4. The van der Waals surface area contributed by atoms with E-state index >= 15 is 0 Å². The fourth-order valence-electron chi connectivity index (χ4n) is 5.58. The van der Waals surface area contributed by atoms with E-state index in [9.17, 15) is 9.59 Å². The van der Waals surface area contributed by atoms with E-state index in [1.165, 1.54) is 116 Å². The summed E-state index contributed by atoms with van der Waals surface area (Å²) < 4.78 is 11.5. The van der Waals surface area contributed by atoms with E-state index in [1.54, 1.807) is 0 Å². The molecule has 1 rings (SSSR count). The lowest BCUT2D eigenvalue weighted by Crippen LogP contribution is -2.33. The number of hydrogen-bond donors (Lipinski definition) is 0. The number of allylic oxidation sites excluding steroid dienone is 4. The van der Waals surface area contributed by atoms with Crippen LogP contribution in [0.25, 0.3) is 0 Å². The fraction of sp³-hybridized carbons (Fsp3) is 0.838. The predicted octanol–water partition coefficient (Wildman–Crippen LogP) is 10.3. The fourth-order valence-corrected chi connectivity index (χ4v) is 5.58. The van der Waals surface area contributed by atoms with Gasteiger partial charge in [-0.25, -0.2) is 0 Å². The van der Waals surface area contributed by atoms with Gasteiger partial charge in [0, 0.05) is 25.9 Å². The Morgan fingerprint density at radius 1 is 0.524 bits per heavy atom. The summed E-state index contributed by atoms with van der Waals surface area (Å²) in [6, 6.07) is 0. The first kappa shape index (κ1) is 38.4. The van der Waals surface area contributed by atoms with Crippen molar-refractivity contribution in [2.45, 2.75) is 180 Å². The molecule has 42 heavy (non-hydrogen) atoms. The van der Waals surface area contributed by atoms with Crippen LogP contribution in [0.4, 0.5) is 0 Å². The summed E-state index contributed by atoms with van der Waals surface area (Å²) in [6.07, 6.45) is 36.1. The lowest BCUT2D eigenvalue weighted by molar-refractivity contribution is -0.164. The molecule has 0 aromatic heterocycles. The molecular weight excluding hydrogens is 522 g/mol. The van der Waals surface area contributed by atoms with Gasteiger partial charge in [0.15, 0.2) is 12.2 Å². The molecule has 0 spiro atoms. The third kappa shape index (κ3) is 22.9. The minimum Gasteiger partial charge on any atom is -0.457 e. The van der Waals surface area contributed by atoms with E-state index in [4.69, 9.17) is 9.47 Å². The highest BCUT2D eigenvalue weighted by atomic mass is 16.6. The van der Waals surface area contributed by atoms with Crippen molar-refractivity contribution in [1.29, 1.82) is 0 Å². The number of unbranched alkanes of at least 4 members (excludes halogenated alkanes) is 18. The summed E-state index contributed by atoms with van der Waals surface area (Å²) in [4.78, 5) is 27.0. The number of carbonyl (C=O) groups is 2. The van der Waals surface area contributed by atoms with E-state index in [-0.39, 0.29) is 24.1 Å². The maximum atomic E-state index is 12.5. The van der Waals surface area contributed by atoms with Gasteiger partial charge in [0.25, 0.3) is 0 Å². The second kappa shape index (κ2) is 28.2. The maximum absolute atomic E-state index is 12.5. The smallest absolute Gasteiger partial charge is 0.306 e. The lowest BCUT2D eigenvalue weighted by Gasteiger charge is -2.19. The first-order valence-corrected chi connectivity index (χ1v) is 17.9. The van der Waals surface area contributed by atoms with Gasteiger partial charge >= 0.3 is 11.9 Å². The Hall–Kier alpha value is -1.62. The summed E-state index contributed by atoms with van der Waals surface area (Å²) in [5, 5.41) is 0. The highest BCUT2D eigenvalue weighted by Crippen LogP contribution is 2.19. The van der Waals surface area contributed by atoms with Crippen LogP contribution >= 0.6 is 0 Å². The number of rotatable bonds is 28. The van der Waals surface area contributed by atoms with Crippen LogP contribution < -0.4 is 0 Å². The summed E-state index contributed by atoms with van der Waals surface area (Å²) in [5.74, 6) is -0.317. The normalized spacial score (nSPS) is 17.5. The van der Waals surface area contributed by atoms with Crippen LogP contribution in [0.1, 0.15) is 168 Å². The van der Waals surface area contributed by atoms with Gasteiger partial charge in [0.2, 0.25) is 0 Å². The Balaban J connectivity index is 2.04. The van der Waals surface area contributed by atoms with Gasteiger partial charge < -0.3 is 9.47 Å². The van der Waals surface area contributed by atoms with Gasteiger partial charge in [-0.1, -0.05) is 115 Å². The first-order valence-electron chi connectivity index (χ1n) is 17.9. The van der Waals surface area contributed by atoms with Gasteiger partial charge in [0.05, 0.1) is 0 Å². The highest BCUT2D eigenvalue weighted by molar-refractivity contribution is 5.70. The summed E-state index contributed by atoms with van der Waals surface area (Å²) in [7, 11) is 1.98. The monoisotopic (exact) mass is 590 g/mol. The Bertz CT molecular complexity index is 646. The van der Waals surface area contributed by atoms with E-state index in [0.717, 1.165) is 25.7 Å². The second-order valence-electron chi connectivity index (χ2n) is 12.5. The number of hydrogen-bond acceptors (Lipinski definition) is 5. The molecule has 1 fully saturated rings. The van der Waals surface area contributed by atoms with Crippen LogP contribution in [0, 0.1) is 0 Å². The quantitative estimate of drug-likeness (QED) is 0.0516. The van der Waals surface area contributed by atoms with E-state index in [2.05, 4.69) is 43.1 Å². The van der Waals surface area contributed by atoms with E-state index in [0.29, 0.717) is 25.9 Å². The predicted molar refractivity (Wildman–Crippen MR) is 178 cm³/mol. The highest BCUT2D eigenvalue weighted by Gasteiger charge is 2.36. The van der Waals surface area contributed by atoms with Crippen molar-refractivity contribution in [3.63, 3.8) is 0 Å². The van der Waals surface area contributed by atoms with Crippen molar-refractivity contribution >= 4 is 11.9 Å².